The van der Waals surface area contributed by atoms with Gasteiger partial charge in [-0.25, -0.2) is 0 Å². The Morgan fingerprint density at radius 2 is 1.81 bits per heavy atom. The van der Waals surface area contributed by atoms with Crippen molar-refractivity contribution in [2.45, 2.75) is 59.5 Å². The molecule has 3 atom stereocenters. The van der Waals surface area contributed by atoms with Gasteiger partial charge in [-0.3, -0.25) is 4.79 Å². The van der Waals surface area contributed by atoms with E-state index in [1.54, 1.807) is 0 Å². The fraction of sp³-hybridized carbons (Fsp3) is 0.923. The van der Waals surface area contributed by atoms with E-state index in [9.17, 15) is 4.79 Å². The van der Waals surface area contributed by atoms with Crippen LogP contribution >= 0.6 is 0 Å². The summed E-state index contributed by atoms with van der Waals surface area (Å²) in [5.41, 5.74) is 0. The molecule has 0 fully saturated rings. The first-order valence-corrected chi connectivity index (χ1v) is 6.26. The maximum atomic E-state index is 11.3. The monoisotopic (exact) mass is 229 g/mol. The summed E-state index contributed by atoms with van der Waals surface area (Å²) >= 11 is 0. The third kappa shape index (κ3) is 5.50. The molecule has 16 heavy (non-hydrogen) atoms. The van der Waals surface area contributed by atoms with Crippen LogP contribution in [-0.4, -0.2) is 25.2 Å². The summed E-state index contributed by atoms with van der Waals surface area (Å²) in [7, 11) is 1.44. The average Bonchev–Trinajstić information content (AvgIpc) is 2.23. The zero-order valence-corrected chi connectivity index (χ0v) is 11.5. The van der Waals surface area contributed by atoms with Gasteiger partial charge in [0.15, 0.2) is 0 Å². The molecule has 96 valence electrons. The zero-order valence-electron chi connectivity index (χ0n) is 11.5. The number of methoxy groups -OCH3 is 1. The summed E-state index contributed by atoms with van der Waals surface area (Å²) in [5, 5.41) is 3.57. The van der Waals surface area contributed by atoms with Crippen molar-refractivity contribution in [3.63, 3.8) is 0 Å². The smallest absolute Gasteiger partial charge is 0.308 e. The molecule has 0 aliphatic carbocycles. The molecule has 3 unspecified atom stereocenters. The highest BCUT2D eigenvalue weighted by Crippen LogP contribution is 2.12. The Morgan fingerprint density at radius 3 is 2.19 bits per heavy atom. The van der Waals surface area contributed by atoms with E-state index in [4.69, 9.17) is 4.74 Å². The summed E-state index contributed by atoms with van der Waals surface area (Å²) in [6, 6.07) is 0.876. The van der Waals surface area contributed by atoms with Gasteiger partial charge in [0.05, 0.1) is 13.0 Å². The van der Waals surface area contributed by atoms with Crippen LogP contribution in [0.15, 0.2) is 0 Å². The van der Waals surface area contributed by atoms with E-state index < -0.39 is 0 Å². The number of hydrogen-bond donors (Lipinski definition) is 1. The quantitative estimate of drug-likeness (QED) is 0.682. The molecule has 0 rings (SSSR count). The molecular weight excluding hydrogens is 202 g/mol. The third-order valence-electron chi connectivity index (χ3n) is 3.05. The molecule has 0 spiro atoms. The minimum absolute atomic E-state index is 0.0304. The Morgan fingerprint density at radius 1 is 1.25 bits per heavy atom. The molecular formula is C13H27NO2. The van der Waals surface area contributed by atoms with Crippen LogP contribution in [0, 0.1) is 11.8 Å². The average molecular weight is 229 g/mol. The topological polar surface area (TPSA) is 38.3 Å². The van der Waals surface area contributed by atoms with Crippen molar-refractivity contribution >= 4 is 5.97 Å². The van der Waals surface area contributed by atoms with Gasteiger partial charge in [0.1, 0.15) is 0 Å². The zero-order chi connectivity index (χ0) is 12.7. The van der Waals surface area contributed by atoms with Crippen molar-refractivity contribution in [1.29, 1.82) is 0 Å². The number of rotatable bonds is 7. The lowest BCUT2D eigenvalue weighted by molar-refractivity contribution is -0.145. The Kier molecular flexibility index (Phi) is 7.39. The van der Waals surface area contributed by atoms with Crippen LogP contribution in [0.25, 0.3) is 0 Å². The minimum atomic E-state index is -0.119. The summed E-state index contributed by atoms with van der Waals surface area (Å²) < 4.78 is 4.72. The van der Waals surface area contributed by atoms with E-state index >= 15 is 0 Å². The Labute approximate surface area is 99.9 Å². The van der Waals surface area contributed by atoms with E-state index in [1.165, 1.54) is 7.11 Å². The Bertz CT molecular complexity index is 204. The molecule has 0 radical (unpaired) electrons. The largest absolute Gasteiger partial charge is 0.469 e. The molecule has 3 heteroatoms. The molecule has 0 aromatic carbocycles. The number of ether oxygens (including phenoxy) is 1. The number of esters is 1. The fourth-order valence-corrected chi connectivity index (χ4v) is 2.04. The van der Waals surface area contributed by atoms with Gasteiger partial charge >= 0.3 is 5.97 Å². The summed E-state index contributed by atoms with van der Waals surface area (Å²) in [5.74, 6) is 0.476. The van der Waals surface area contributed by atoms with Gasteiger partial charge in [-0.2, -0.15) is 0 Å². The van der Waals surface area contributed by atoms with E-state index in [2.05, 4.69) is 33.0 Å². The Balaban J connectivity index is 4.06. The first-order chi connectivity index (χ1) is 7.42. The summed E-state index contributed by atoms with van der Waals surface area (Å²) in [6.07, 6.45) is 1.95. The molecule has 0 saturated heterocycles. The fourth-order valence-electron chi connectivity index (χ4n) is 2.04. The van der Waals surface area contributed by atoms with Crippen LogP contribution in [0.1, 0.15) is 47.5 Å². The van der Waals surface area contributed by atoms with Gasteiger partial charge in [0.25, 0.3) is 0 Å². The second kappa shape index (κ2) is 7.66. The Hall–Kier alpha value is -0.570. The van der Waals surface area contributed by atoms with Crippen molar-refractivity contribution in [2.75, 3.05) is 7.11 Å². The van der Waals surface area contributed by atoms with Crippen molar-refractivity contribution in [3.8, 4) is 0 Å². The van der Waals surface area contributed by atoms with E-state index in [-0.39, 0.29) is 11.9 Å². The lowest BCUT2D eigenvalue weighted by Gasteiger charge is -2.26. The lowest BCUT2D eigenvalue weighted by atomic mass is 9.98. The van der Waals surface area contributed by atoms with Crippen LogP contribution in [0.3, 0.4) is 0 Å². The lowest BCUT2D eigenvalue weighted by Crippen LogP contribution is -2.40. The van der Waals surface area contributed by atoms with Crippen LogP contribution < -0.4 is 5.32 Å². The number of carbonyl (C=O) groups excluding carboxylic acids is 1. The first-order valence-electron chi connectivity index (χ1n) is 6.26. The first kappa shape index (κ1) is 15.4. The van der Waals surface area contributed by atoms with Crippen molar-refractivity contribution < 1.29 is 9.53 Å². The summed E-state index contributed by atoms with van der Waals surface area (Å²) in [6.45, 7) is 10.7. The highest BCUT2D eigenvalue weighted by molar-refractivity contribution is 5.71. The van der Waals surface area contributed by atoms with Crippen molar-refractivity contribution in [1.82, 2.24) is 5.32 Å². The SMILES string of the molecule is CCC(NC(C)CC(C)C(=O)OC)C(C)C. The summed E-state index contributed by atoms with van der Waals surface area (Å²) in [4.78, 5) is 11.3. The van der Waals surface area contributed by atoms with Crippen LogP contribution in [0.2, 0.25) is 0 Å². The highest BCUT2D eigenvalue weighted by atomic mass is 16.5. The van der Waals surface area contributed by atoms with Crippen molar-refractivity contribution in [3.05, 3.63) is 0 Å². The molecule has 0 aliphatic rings. The second-order valence-electron chi connectivity index (χ2n) is 4.99. The molecule has 0 saturated carbocycles. The maximum Gasteiger partial charge on any atom is 0.308 e. The molecule has 0 aliphatic heterocycles. The highest BCUT2D eigenvalue weighted by Gasteiger charge is 2.19. The molecule has 3 nitrogen and oxygen atoms in total. The standard InChI is InChI=1S/C13H27NO2/c1-7-12(9(2)3)14-11(5)8-10(4)13(15)16-6/h9-12,14H,7-8H2,1-6H3. The third-order valence-corrected chi connectivity index (χ3v) is 3.05. The van der Waals surface area contributed by atoms with Crippen LogP contribution in [0.4, 0.5) is 0 Å². The molecule has 0 bridgehead atoms. The predicted octanol–water partition coefficient (Wildman–Crippen LogP) is 2.60. The van der Waals surface area contributed by atoms with Gasteiger partial charge in [-0.05, 0) is 25.7 Å². The molecule has 0 heterocycles. The molecule has 1 N–H and O–H groups in total. The number of hydrogen-bond acceptors (Lipinski definition) is 3. The van der Waals surface area contributed by atoms with Crippen LogP contribution in [-0.2, 0) is 9.53 Å². The van der Waals surface area contributed by atoms with Gasteiger partial charge in [0, 0.05) is 12.1 Å². The van der Waals surface area contributed by atoms with Gasteiger partial charge < -0.3 is 10.1 Å². The van der Waals surface area contributed by atoms with E-state index in [0.29, 0.717) is 18.0 Å². The van der Waals surface area contributed by atoms with Gasteiger partial charge in [-0.15, -0.1) is 0 Å². The van der Waals surface area contributed by atoms with Gasteiger partial charge in [-0.1, -0.05) is 27.7 Å². The van der Waals surface area contributed by atoms with Gasteiger partial charge in [0.2, 0.25) is 0 Å². The number of nitrogens with one attached hydrogen (secondary N) is 1. The van der Waals surface area contributed by atoms with Crippen molar-refractivity contribution in [2.24, 2.45) is 11.8 Å². The predicted molar refractivity (Wildman–Crippen MR) is 67.3 cm³/mol. The van der Waals surface area contributed by atoms with E-state index in [0.717, 1.165) is 12.8 Å². The molecule has 0 aromatic heterocycles. The maximum absolute atomic E-state index is 11.3. The second-order valence-corrected chi connectivity index (χ2v) is 4.99. The molecule has 0 aromatic rings. The minimum Gasteiger partial charge on any atom is -0.469 e. The number of carbonyl (C=O) groups is 1. The van der Waals surface area contributed by atoms with E-state index in [1.807, 2.05) is 6.92 Å². The van der Waals surface area contributed by atoms with Crippen LogP contribution in [0.5, 0.6) is 0 Å². The normalized spacial score (nSPS) is 16.9. The molecule has 0 amide bonds.